The van der Waals surface area contributed by atoms with Gasteiger partial charge in [0.15, 0.2) is 6.61 Å². The number of nitrogens with zero attached hydrogens (tertiary/aromatic N) is 3. The van der Waals surface area contributed by atoms with Gasteiger partial charge in [0.1, 0.15) is 12.3 Å². The van der Waals surface area contributed by atoms with E-state index in [0.29, 0.717) is 11.3 Å². The van der Waals surface area contributed by atoms with Gasteiger partial charge < -0.3 is 10.1 Å². The Morgan fingerprint density at radius 1 is 0.976 bits per heavy atom. The molecule has 3 aromatic rings. The number of hydrazone groups is 1. The molecule has 0 atom stereocenters. The van der Waals surface area contributed by atoms with Crippen LogP contribution >= 0.6 is 0 Å². The molecule has 0 heterocycles. The molecule has 0 unspecified atom stereocenters. The van der Waals surface area contributed by atoms with Crippen LogP contribution in [-0.2, 0) is 19.6 Å². The van der Waals surface area contributed by atoms with Crippen LogP contribution in [0.1, 0.15) is 37.7 Å². The fourth-order valence-electron chi connectivity index (χ4n) is 4.46. The van der Waals surface area contributed by atoms with Crippen molar-refractivity contribution in [2.24, 2.45) is 5.10 Å². The number of non-ortho nitro benzene ring substituents is 1. The molecule has 0 aliphatic heterocycles. The number of nitrogens with one attached hydrogen (secondary N) is 2. The van der Waals surface area contributed by atoms with Crippen LogP contribution in [0.2, 0.25) is 0 Å². The average Bonchev–Trinajstić information content (AvgIpc) is 3.00. The highest BCUT2D eigenvalue weighted by molar-refractivity contribution is 7.92. The van der Waals surface area contributed by atoms with Crippen LogP contribution in [0.4, 0.5) is 11.4 Å². The molecule has 4 rings (SSSR count). The Morgan fingerprint density at radius 2 is 1.69 bits per heavy atom. The monoisotopic (exact) mass is 593 g/mol. The molecule has 2 N–H and O–H groups in total. The van der Waals surface area contributed by atoms with Crippen molar-refractivity contribution in [3.63, 3.8) is 0 Å². The summed E-state index contributed by atoms with van der Waals surface area (Å²) >= 11 is 0. The molecule has 42 heavy (non-hydrogen) atoms. The molecule has 2 amide bonds. The second kappa shape index (κ2) is 14.2. The molecule has 1 aliphatic carbocycles. The molecule has 0 radical (unpaired) electrons. The highest BCUT2D eigenvalue weighted by atomic mass is 32.2. The van der Waals surface area contributed by atoms with Gasteiger partial charge in [-0.3, -0.25) is 24.0 Å². The van der Waals surface area contributed by atoms with Crippen molar-refractivity contribution in [1.82, 2.24) is 10.7 Å². The lowest BCUT2D eigenvalue weighted by Gasteiger charge is -2.23. The van der Waals surface area contributed by atoms with Crippen molar-refractivity contribution in [3.05, 3.63) is 94.5 Å². The molecule has 13 heteroatoms. The molecule has 1 fully saturated rings. The van der Waals surface area contributed by atoms with Gasteiger partial charge in [-0.05, 0) is 60.9 Å². The minimum absolute atomic E-state index is 0.0461. The Labute approximate surface area is 243 Å². The number of carbonyl (C=O) groups excluding carboxylic acids is 2. The van der Waals surface area contributed by atoms with E-state index in [4.69, 9.17) is 4.74 Å². The topological polar surface area (TPSA) is 160 Å². The van der Waals surface area contributed by atoms with Crippen LogP contribution < -0.4 is 19.8 Å². The van der Waals surface area contributed by atoms with Crippen molar-refractivity contribution in [3.8, 4) is 5.75 Å². The minimum Gasteiger partial charge on any atom is -0.484 e. The predicted octanol–water partition coefficient (Wildman–Crippen LogP) is 3.77. The Morgan fingerprint density at radius 3 is 2.38 bits per heavy atom. The highest BCUT2D eigenvalue weighted by Gasteiger charge is 2.28. The number of hydrogen-bond donors (Lipinski definition) is 2. The first-order chi connectivity index (χ1) is 20.2. The van der Waals surface area contributed by atoms with Gasteiger partial charge in [0.25, 0.3) is 27.5 Å². The summed E-state index contributed by atoms with van der Waals surface area (Å²) in [5, 5.41) is 18.2. The Balaban J connectivity index is 1.36. The summed E-state index contributed by atoms with van der Waals surface area (Å²) in [5.41, 5.74) is 2.54. The Bertz CT molecular complexity index is 1520. The molecule has 220 valence electrons. The molecule has 0 bridgehead atoms. The van der Waals surface area contributed by atoms with Crippen LogP contribution in [0.5, 0.6) is 5.75 Å². The van der Waals surface area contributed by atoms with Gasteiger partial charge in [0, 0.05) is 18.2 Å². The summed E-state index contributed by atoms with van der Waals surface area (Å²) in [6, 6.07) is 19.4. The van der Waals surface area contributed by atoms with E-state index in [1.807, 2.05) is 0 Å². The first-order valence-corrected chi connectivity index (χ1v) is 14.8. The van der Waals surface area contributed by atoms with Gasteiger partial charge in [-0.15, -0.1) is 0 Å². The number of ether oxygens (including phenoxy) is 1. The first kappa shape index (κ1) is 30.2. The summed E-state index contributed by atoms with van der Waals surface area (Å²) in [4.78, 5) is 35.4. The number of sulfonamides is 1. The minimum atomic E-state index is -4.24. The lowest BCUT2D eigenvalue weighted by atomic mass is 9.95. The highest BCUT2D eigenvalue weighted by Crippen LogP contribution is 2.27. The second-order valence-electron chi connectivity index (χ2n) is 9.66. The number of hydrogen-bond acceptors (Lipinski definition) is 8. The molecule has 0 spiro atoms. The number of nitro groups is 1. The van der Waals surface area contributed by atoms with E-state index in [2.05, 4.69) is 15.8 Å². The van der Waals surface area contributed by atoms with Crippen molar-refractivity contribution in [2.45, 2.75) is 43.0 Å². The van der Waals surface area contributed by atoms with E-state index in [-0.39, 0.29) is 34.8 Å². The van der Waals surface area contributed by atoms with Crippen LogP contribution in [0.15, 0.2) is 88.9 Å². The normalized spacial score (nSPS) is 13.8. The Hall–Kier alpha value is -4.78. The van der Waals surface area contributed by atoms with Crippen molar-refractivity contribution in [2.75, 3.05) is 17.5 Å². The van der Waals surface area contributed by atoms with E-state index in [0.717, 1.165) is 36.1 Å². The maximum Gasteiger partial charge on any atom is 0.271 e. The lowest BCUT2D eigenvalue weighted by Crippen LogP contribution is -2.39. The standard InChI is InChI=1S/C29H31N5O7S/c35-28(20-33(24-10-7-11-25(18-24)34(37)38)42(39,40)27-12-5-2-6-13-27)32-30-19-22-14-16-26(17-15-22)41-21-29(36)31-23-8-3-1-4-9-23/h2,5-7,10-19,23H,1,3-4,8-9,20-21H2,(H,31,36)(H,32,35)/b30-19-. The summed E-state index contributed by atoms with van der Waals surface area (Å²) in [6.45, 7) is -0.765. The smallest absolute Gasteiger partial charge is 0.271 e. The van der Waals surface area contributed by atoms with Crippen LogP contribution in [0, 0.1) is 10.1 Å². The largest absolute Gasteiger partial charge is 0.484 e. The van der Waals surface area contributed by atoms with Crippen LogP contribution in [-0.4, -0.2) is 50.6 Å². The Kier molecular flexibility index (Phi) is 10.2. The zero-order chi connectivity index (χ0) is 30.0. The number of rotatable bonds is 12. The third-order valence-corrected chi connectivity index (χ3v) is 8.36. The fraction of sp³-hybridized carbons (Fsp3) is 0.276. The molecular weight excluding hydrogens is 562 g/mol. The maximum atomic E-state index is 13.4. The van der Waals surface area contributed by atoms with Gasteiger partial charge in [-0.25, -0.2) is 13.8 Å². The third kappa shape index (κ3) is 8.36. The summed E-state index contributed by atoms with van der Waals surface area (Å²) in [6.07, 6.45) is 6.80. The lowest BCUT2D eigenvalue weighted by molar-refractivity contribution is -0.384. The summed E-state index contributed by atoms with van der Waals surface area (Å²) in [5.74, 6) is -0.432. The van der Waals surface area contributed by atoms with Gasteiger partial charge >= 0.3 is 0 Å². The zero-order valence-corrected chi connectivity index (χ0v) is 23.5. The van der Waals surface area contributed by atoms with Crippen molar-refractivity contribution >= 4 is 39.4 Å². The SMILES string of the molecule is O=C(CN(c1cccc([N+](=O)[O-])c1)S(=O)(=O)c1ccccc1)N/N=C\c1ccc(OCC(=O)NC2CCCCC2)cc1. The van der Waals surface area contributed by atoms with E-state index in [1.54, 1.807) is 30.3 Å². The van der Waals surface area contributed by atoms with Gasteiger partial charge in [0.05, 0.1) is 21.7 Å². The van der Waals surface area contributed by atoms with Crippen LogP contribution in [0.25, 0.3) is 0 Å². The number of anilines is 1. The molecule has 1 aliphatic rings. The van der Waals surface area contributed by atoms with Gasteiger partial charge in [0.2, 0.25) is 0 Å². The summed E-state index contributed by atoms with van der Waals surface area (Å²) < 4.78 is 33.1. The van der Waals surface area contributed by atoms with E-state index in [9.17, 15) is 28.1 Å². The molecule has 0 aromatic heterocycles. The quantitative estimate of drug-likeness (QED) is 0.184. The molecule has 0 saturated heterocycles. The maximum absolute atomic E-state index is 13.4. The number of benzene rings is 3. The number of nitro benzene ring substituents is 1. The van der Waals surface area contributed by atoms with E-state index in [1.165, 1.54) is 55.1 Å². The predicted molar refractivity (Wildman–Crippen MR) is 157 cm³/mol. The number of amides is 2. The van der Waals surface area contributed by atoms with Crippen LogP contribution in [0.3, 0.4) is 0 Å². The van der Waals surface area contributed by atoms with E-state index >= 15 is 0 Å². The molecule has 12 nitrogen and oxygen atoms in total. The molecular formula is C29H31N5O7S. The second-order valence-corrected chi connectivity index (χ2v) is 11.5. The molecule has 3 aromatic carbocycles. The molecule has 1 saturated carbocycles. The zero-order valence-electron chi connectivity index (χ0n) is 22.7. The summed E-state index contributed by atoms with van der Waals surface area (Å²) in [7, 11) is -4.24. The van der Waals surface area contributed by atoms with Crippen molar-refractivity contribution < 1.29 is 27.7 Å². The van der Waals surface area contributed by atoms with Crippen molar-refractivity contribution in [1.29, 1.82) is 0 Å². The third-order valence-electron chi connectivity index (χ3n) is 6.57. The van der Waals surface area contributed by atoms with Gasteiger partial charge in [-0.1, -0.05) is 43.5 Å². The first-order valence-electron chi connectivity index (χ1n) is 13.4. The average molecular weight is 594 g/mol. The van der Waals surface area contributed by atoms with Gasteiger partial charge in [-0.2, -0.15) is 5.10 Å². The number of carbonyl (C=O) groups is 2. The fourth-order valence-corrected chi connectivity index (χ4v) is 5.89. The van der Waals surface area contributed by atoms with E-state index < -0.39 is 27.4 Å².